The molecule has 0 aliphatic rings. The van der Waals surface area contributed by atoms with E-state index in [1.54, 1.807) is 36.4 Å². The van der Waals surface area contributed by atoms with Crippen molar-refractivity contribution in [1.29, 1.82) is 0 Å². The molecule has 0 amide bonds. The second-order valence-electron chi connectivity index (χ2n) is 6.10. The number of aromatic amines is 1. The Morgan fingerprint density at radius 3 is 2.29 bits per heavy atom. The molecule has 0 aliphatic carbocycles. The maximum Gasteiger partial charge on any atom is 0.435 e. The lowest BCUT2D eigenvalue weighted by Gasteiger charge is -2.08. The summed E-state index contributed by atoms with van der Waals surface area (Å²) < 4.78 is 46.8. The van der Waals surface area contributed by atoms with Crippen LogP contribution >= 0.6 is 0 Å². The van der Waals surface area contributed by atoms with Gasteiger partial charge in [0.1, 0.15) is 11.4 Å². The Balaban J connectivity index is 2.04. The SMILES string of the molecule is COc1ccc(-c2c(C(F)(F)F)nn3c(=O)cc(-c4ccccc4)[nH]c23)cc1. The number of hydrogen-bond acceptors (Lipinski definition) is 3. The Morgan fingerprint density at radius 2 is 1.68 bits per heavy atom. The van der Waals surface area contributed by atoms with Crippen LogP contribution in [-0.2, 0) is 6.18 Å². The van der Waals surface area contributed by atoms with E-state index in [4.69, 9.17) is 4.74 Å². The zero-order chi connectivity index (χ0) is 19.9. The number of H-pyrrole nitrogens is 1. The lowest BCUT2D eigenvalue weighted by Crippen LogP contribution is -2.15. The van der Waals surface area contributed by atoms with Crippen LogP contribution in [0.2, 0.25) is 0 Å². The van der Waals surface area contributed by atoms with Gasteiger partial charge >= 0.3 is 6.18 Å². The van der Waals surface area contributed by atoms with E-state index in [0.29, 0.717) is 17.0 Å². The van der Waals surface area contributed by atoms with Crippen molar-refractivity contribution in [3.63, 3.8) is 0 Å². The maximum atomic E-state index is 13.7. The van der Waals surface area contributed by atoms with Crippen LogP contribution in [0, 0.1) is 0 Å². The highest BCUT2D eigenvalue weighted by molar-refractivity contribution is 5.82. The third-order valence-corrected chi connectivity index (χ3v) is 4.35. The minimum atomic E-state index is -4.73. The summed E-state index contributed by atoms with van der Waals surface area (Å²) >= 11 is 0. The standard InChI is InChI=1S/C20H14F3N3O2/c1-28-14-9-7-13(8-10-14)17-18(20(21,22)23)25-26-16(27)11-15(24-19(17)26)12-5-3-2-4-6-12/h2-11,24H,1H3. The fraction of sp³-hybridized carbons (Fsp3) is 0.100. The molecule has 2 heterocycles. The highest BCUT2D eigenvalue weighted by Crippen LogP contribution is 2.38. The second kappa shape index (κ2) is 6.56. The summed E-state index contributed by atoms with van der Waals surface area (Å²) in [5.74, 6) is 0.507. The fourth-order valence-corrected chi connectivity index (χ4v) is 3.04. The first-order valence-corrected chi connectivity index (χ1v) is 8.31. The molecule has 0 aliphatic heterocycles. The Hall–Kier alpha value is -3.55. The quantitative estimate of drug-likeness (QED) is 0.569. The summed E-state index contributed by atoms with van der Waals surface area (Å²) in [7, 11) is 1.47. The van der Waals surface area contributed by atoms with Crippen LogP contribution in [0.15, 0.2) is 65.5 Å². The van der Waals surface area contributed by atoms with Gasteiger partial charge < -0.3 is 9.72 Å². The highest BCUT2D eigenvalue weighted by atomic mass is 19.4. The van der Waals surface area contributed by atoms with Gasteiger partial charge in [0.05, 0.1) is 18.4 Å². The van der Waals surface area contributed by atoms with Gasteiger partial charge in [0.25, 0.3) is 5.56 Å². The van der Waals surface area contributed by atoms with Crippen molar-refractivity contribution in [1.82, 2.24) is 14.6 Å². The van der Waals surface area contributed by atoms with Crippen molar-refractivity contribution >= 4 is 5.65 Å². The van der Waals surface area contributed by atoms with Crippen molar-refractivity contribution in [2.45, 2.75) is 6.18 Å². The molecule has 2 aromatic heterocycles. The number of ether oxygens (including phenoxy) is 1. The molecular weight excluding hydrogens is 371 g/mol. The van der Waals surface area contributed by atoms with E-state index >= 15 is 0 Å². The van der Waals surface area contributed by atoms with Crippen molar-refractivity contribution < 1.29 is 17.9 Å². The van der Waals surface area contributed by atoms with Gasteiger partial charge in [-0.25, -0.2) is 0 Å². The molecule has 2 aromatic carbocycles. The number of nitrogens with one attached hydrogen (secondary N) is 1. The third-order valence-electron chi connectivity index (χ3n) is 4.35. The number of methoxy groups -OCH3 is 1. The van der Waals surface area contributed by atoms with Crippen LogP contribution in [0.3, 0.4) is 0 Å². The Labute approximate surface area is 157 Å². The van der Waals surface area contributed by atoms with Gasteiger partial charge in [-0.05, 0) is 23.3 Å². The fourth-order valence-electron chi connectivity index (χ4n) is 3.04. The number of benzene rings is 2. The molecule has 1 N–H and O–H groups in total. The van der Waals surface area contributed by atoms with Crippen molar-refractivity contribution in [2.75, 3.05) is 7.11 Å². The molecule has 4 aromatic rings. The number of rotatable bonds is 3. The minimum Gasteiger partial charge on any atom is -0.497 e. The van der Waals surface area contributed by atoms with Gasteiger partial charge in [0, 0.05) is 6.07 Å². The highest BCUT2D eigenvalue weighted by Gasteiger charge is 2.39. The van der Waals surface area contributed by atoms with Gasteiger partial charge in [0.2, 0.25) is 0 Å². The number of fused-ring (bicyclic) bond motifs is 1. The molecular formula is C20H14F3N3O2. The average molecular weight is 385 g/mol. The normalized spacial score (nSPS) is 11.7. The molecule has 0 saturated carbocycles. The summed E-state index contributed by atoms with van der Waals surface area (Å²) in [6.07, 6.45) is -4.73. The molecule has 0 atom stereocenters. The number of halogens is 3. The van der Waals surface area contributed by atoms with E-state index in [2.05, 4.69) is 10.1 Å². The van der Waals surface area contributed by atoms with Crippen LogP contribution in [0.4, 0.5) is 13.2 Å². The van der Waals surface area contributed by atoms with Crippen LogP contribution in [0.1, 0.15) is 5.69 Å². The Morgan fingerprint density at radius 1 is 1.00 bits per heavy atom. The van der Waals surface area contributed by atoms with Crippen LogP contribution in [0.5, 0.6) is 5.75 Å². The van der Waals surface area contributed by atoms with Gasteiger partial charge in [0.15, 0.2) is 5.69 Å². The molecule has 0 unspecified atom stereocenters. The van der Waals surface area contributed by atoms with Crippen molar-refractivity contribution in [3.8, 4) is 28.1 Å². The Bertz CT molecular complexity index is 1190. The summed E-state index contributed by atoms with van der Waals surface area (Å²) in [6.45, 7) is 0. The molecule has 0 saturated heterocycles. The number of nitrogens with zero attached hydrogens (tertiary/aromatic N) is 2. The van der Waals surface area contributed by atoms with Crippen molar-refractivity contribution in [2.24, 2.45) is 0 Å². The average Bonchev–Trinajstić information content (AvgIpc) is 3.09. The minimum absolute atomic E-state index is 0.0242. The molecule has 0 spiro atoms. The molecule has 4 rings (SSSR count). The second-order valence-corrected chi connectivity index (χ2v) is 6.10. The van der Waals surface area contributed by atoms with Crippen molar-refractivity contribution in [3.05, 3.63) is 76.7 Å². The van der Waals surface area contributed by atoms with Crippen LogP contribution in [-0.4, -0.2) is 21.7 Å². The number of alkyl halides is 3. The first-order chi connectivity index (χ1) is 13.4. The molecule has 0 bridgehead atoms. The molecule has 8 heteroatoms. The lowest BCUT2D eigenvalue weighted by molar-refractivity contribution is -0.140. The zero-order valence-electron chi connectivity index (χ0n) is 14.6. The summed E-state index contributed by atoms with van der Waals surface area (Å²) in [5.41, 5.74) is -0.647. The first kappa shape index (κ1) is 17.8. The van der Waals surface area contributed by atoms with E-state index in [0.717, 1.165) is 4.52 Å². The van der Waals surface area contributed by atoms with Crippen LogP contribution < -0.4 is 10.3 Å². The van der Waals surface area contributed by atoms with E-state index in [1.165, 1.54) is 25.3 Å². The van der Waals surface area contributed by atoms with Gasteiger partial charge in [-0.3, -0.25) is 4.79 Å². The largest absolute Gasteiger partial charge is 0.497 e. The van der Waals surface area contributed by atoms with E-state index in [-0.39, 0.29) is 16.8 Å². The van der Waals surface area contributed by atoms with Gasteiger partial charge in [-0.1, -0.05) is 42.5 Å². The number of hydrogen-bond donors (Lipinski definition) is 1. The monoisotopic (exact) mass is 385 g/mol. The topological polar surface area (TPSA) is 59.4 Å². The maximum absolute atomic E-state index is 13.7. The van der Waals surface area contributed by atoms with E-state index in [1.807, 2.05) is 6.07 Å². The molecule has 0 fully saturated rings. The smallest absolute Gasteiger partial charge is 0.435 e. The van der Waals surface area contributed by atoms with Gasteiger partial charge in [-0.2, -0.15) is 22.8 Å². The molecule has 142 valence electrons. The molecule has 0 radical (unpaired) electrons. The van der Waals surface area contributed by atoms with Crippen LogP contribution in [0.25, 0.3) is 28.0 Å². The Kier molecular flexibility index (Phi) is 4.18. The number of aromatic nitrogens is 3. The van der Waals surface area contributed by atoms with Gasteiger partial charge in [-0.15, -0.1) is 0 Å². The summed E-state index contributed by atoms with van der Waals surface area (Å²) in [4.78, 5) is 15.4. The zero-order valence-corrected chi connectivity index (χ0v) is 14.6. The van der Waals surface area contributed by atoms with E-state index < -0.39 is 17.4 Å². The predicted octanol–water partition coefficient (Wildman–Crippen LogP) is 4.38. The lowest BCUT2D eigenvalue weighted by atomic mass is 10.0. The summed E-state index contributed by atoms with van der Waals surface area (Å²) in [6, 6.07) is 16.2. The molecule has 28 heavy (non-hydrogen) atoms. The third kappa shape index (κ3) is 3.02. The molecule has 5 nitrogen and oxygen atoms in total. The predicted molar refractivity (Wildman–Crippen MR) is 98.2 cm³/mol. The van der Waals surface area contributed by atoms with E-state index in [9.17, 15) is 18.0 Å². The first-order valence-electron chi connectivity index (χ1n) is 8.31. The summed E-state index contributed by atoms with van der Waals surface area (Å²) in [5, 5.41) is 3.55.